The lowest BCUT2D eigenvalue weighted by Gasteiger charge is -2.37. The highest BCUT2D eigenvalue weighted by atomic mass is 19.1. The van der Waals surface area contributed by atoms with Crippen LogP contribution in [0.3, 0.4) is 0 Å². The normalized spacial score (nSPS) is 17.6. The minimum Gasteiger partial charge on any atom is -0.340 e. The first-order valence-corrected chi connectivity index (χ1v) is 7.21. The van der Waals surface area contributed by atoms with Gasteiger partial charge in [-0.15, -0.1) is 0 Å². The molecule has 21 heavy (non-hydrogen) atoms. The molecule has 1 atom stereocenters. The van der Waals surface area contributed by atoms with Crippen LogP contribution in [0.1, 0.15) is 25.5 Å². The molecular formula is C16H20FN3O. The predicted molar refractivity (Wildman–Crippen MR) is 77.7 cm³/mol. The lowest BCUT2D eigenvalue weighted by molar-refractivity contribution is -0.136. The summed E-state index contributed by atoms with van der Waals surface area (Å²) in [5.74, 6) is -0.145. The molecule has 0 radical (unpaired) electrons. The van der Waals surface area contributed by atoms with Crippen LogP contribution in [-0.4, -0.2) is 41.9 Å². The average molecular weight is 289 g/mol. The van der Waals surface area contributed by atoms with E-state index < -0.39 is 0 Å². The van der Waals surface area contributed by atoms with Crippen LogP contribution in [0.25, 0.3) is 0 Å². The van der Waals surface area contributed by atoms with Crippen molar-refractivity contribution in [3.05, 3.63) is 35.6 Å². The van der Waals surface area contributed by atoms with Crippen molar-refractivity contribution in [2.45, 2.75) is 19.9 Å². The first-order chi connectivity index (χ1) is 10.0. The van der Waals surface area contributed by atoms with Gasteiger partial charge < -0.3 is 4.90 Å². The largest absolute Gasteiger partial charge is 0.340 e. The number of nitriles is 1. The highest BCUT2D eigenvalue weighted by Crippen LogP contribution is 2.22. The molecule has 1 amide bonds. The van der Waals surface area contributed by atoms with Crippen molar-refractivity contribution in [2.24, 2.45) is 5.92 Å². The average Bonchev–Trinajstić information content (AvgIpc) is 2.50. The maximum atomic E-state index is 13.0. The van der Waals surface area contributed by atoms with E-state index in [1.165, 1.54) is 12.1 Å². The summed E-state index contributed by atoms with van der Waals surface area (Å²) in [6, 6.07) is 7.93. The number of carbonyl (C=O) groups excluding carboxylic acids is 1. The van der Waals surface area contributed by atoms with Crippen LogP contribution < -0.4 is 0 Å². The molecule has 1 saturated heterocycles. The molecule has 1 unspecified atom stereocenters. The first kappa shape index (κ1) is 15.5. The fourth-order valence-corrected chi connectivity index (χ4v) is 2.58. The molecule has 0 saturated carbocycles. The summed E-state index contributed by atoms with van der Waals surface area (Å²) in [6.45, 7) is 6.38. The van der Waals surface area contributed by atoms with Gasteiger partial charge in [0.1, 0.15) is 11.9 Å². The second kappa shape index (κ2) is 6.68. The Morgan fingerprint density at radius 1 is 1.19 bits per heavy atom. The second-order valence-electron chi connectivity index (χ2n) is 5.60. The molecule has 0 bridgehead atoms. The molecule has 4 nitrogen and oxygen atoms in total. The number of rotatable bonds is 3. The van der Waals surface area contributed by atoms with Gasteiger partial charge in [-0.1, -0.05) is 26.0 Å². The van der Waals surface area contributed by atoms with E-state index >= 15 is 0 Å². The Kier molecular flexibility index (Phi) is 4.92. The second-order valence-corrected chi connectivity index (χ2v) is 5.60. The number of hydrogen-bond donors (Lipinski definition) is 0. The van der Waals surface area contributed by atoms with E-state index in [4.69, 9.17) is 0 Å². The molecule has 1 heterocycles. The molecule has 1 aromatic carbocycles. The zero-order valence-corrected chi connectivity index (χ0v) is 12.4. The van der Waals surface area contributed by atoms with E-state index in [0.717, 1.165) is 5.56 Å². The Bertz CT molecular complexity index is 527. The van der Waals surface area contributed by atoms with E-state index in [1.807, 2.05) is 23.6 Å². The minimum absolute atomic E-state index is 0.000382. The molecule has 1 fully saturated rings. The van der Waals surface area contributed by atoms with E-state index in [1.54, 1.807) is 12.1 Å². The van der Waals surface area contributed by atoms with Crippen LogP contribution in [0.4, 0.5) is 4.39 Å². The summed E-state index contributed by atoms with van der Waals surface area (Å²) in [5.41, 5.74) is 0.794. The van der Waals surface area contributed by atoms with Crippen LogP contribution in [0.2, 0.25) is 0 Å². The summed E-state index contributed by atoms with van der Waals surface area (Å²) in [6.07, 6.45) is 0. The third kappa shape index (κ3) is 3.59. The van der Waals surface area contributed by atoms with E-state index in [0.29, 0.717) is 26.2 Å². The van der Waals surface area contributed by atoms with Gasteiger partial charge in [-0.3, -0.25) is 9.69 Å². The Morgan fingerprint density at radius 2 is 1.76 bits per heavy atom. The van der Waals surface area contributed by atoms with Gasteiger partial charge in [-0.2, -0.15) is 5.26 Å². The van der Waals surface area contributed by atoms with Gasteiger partial charge in [0.2, 0.25) is 5.91 Å². The van der Waals surface area contributed by atoms with Gasteiger partial charge >= 0.3 is 0 Å². The van der Waals surface area contributed by atoms with Gasteiger partial charge in [-0.05, 0) is 17.7 Å². The van der Waals surface area contributed by atoms with Crippen LogP contribution >= 0.6 is 0 Å². The van der Waals surface area contributed by atoms with Gasteiger partial charge in [0.05, 0.1) is 6.07 Å². The Balaban J connectivity index is 2.01. The molecule has 0 aromatic heterocycles. The van der Waals surface area contributed by atoms with Crippen LogP contribution in [0.5, 0.6) is 0 Å². The van der Waals surface area contributed by atoms with Crippen molar-refractivity contribution < 1.29 is 9.18 Å². The van der Waals surface area contributed by atoms with Crippen molar-refractivity contribution in [3.63, 3.8) is 0 Å². The van der Waals surface area contributed by atoms with Crippen molar-refractivity contribution in [1.29, 1.82) is 5.26 Å². The molecule has 1 aliphatic heterocycles. The topological polar surface area (TPSA) is 47.3 Å². The molecule has 1 aromatic rings. The van der Waals surface area contributed by atoms with Gasteiger partial charge in [0.15, 0.2) is 0 Å². The molecule has 0 spiro atoms. The monoisotopic (exact) mass is 289 g/mol. The van der Waals surface area contributed by atoms with Crippen LogP contribution in [0.15, 0.2) is 24.3 Å². The fourth-order valence-electron chi connectivity index (χ4n) is 2.58. The third-order valence-electron chi connectivity index (χ3n) is 3.79. The summed E-state index contributed by atoms with van der Waals surface area (Å²) in [4.78, 5) is 15.8. The summed E-state index contributed by atoms with van der Waals surface area (Å²) in [7, 11) is 0. The lowest BCUT2D eigenvalue weighted by Crippen LogP contribution is -2.50. The van der Waals surface area contributed by atoms with Crippen molar-refractivity contribution in [2.75, 3.05) is 26.2 Å². The molecule has 0 aliphatic carbocycles. The van der Waals surface area contributed by atoms with Gasteiger partial charge in [0, 0.05) is 32.1 Å². The highest BCUT2D eigenvalue weighted by molar-refractivity contribution is 5.78. The fraction of sp³-hybridized carbons (Fsp3) is 0.500. The number of hydrogen-bond acceptors (Lipinski definition) is 3. The molecule has 1 aliphatic rings. The summed E-state index contributed by atoms with van der Waals surface area (Å²) >= 11 is 0. The van der Waals surface area contributed by atoms with Crippen molar-refractivity contribution in [3.8, 4) is 6.07 Å². The number of halogens is 1. The Hall–Kier alpha value is -1.93. The number of benzene rings is 1. The van der Waals surface area contributed by atoms with Crippen molar-refractivity contribution in [1.82, 2.24) is 9.80 Å². The number of nitrogens with zero attached hydrogens (tertiary/aromatic N) is 3. The summed E-state index contributed by atoms with van der Waals surface area (Å²) < 4.78 is 13.0. The molecule has 112 valence electrons. The maximum absolute atomic E-state index is 13.0. The van der Waals surface area contributed by atoms with Crippen LogP contribution in [-0.2, 0) is 4.79 Å². The van der Waals surface area contributed by atoms with Crippen molar-refractivity contribution >= 4 is 5.91 Å². The molecule has 5 heteroatoms. The standard InChI is InChI=1S/C16H20FN3O/c1-12(2)16(21)20-9-7-19(8-10-20)15(11-18)13-3-5-14(17)6-4-13/h3-6,12,15H,7-10H2,1-2H3. The van der Waals surface area contributed by atoms with E-state index in [-0.39, 0.29) is 23.7 Å². The van der Waals surface area contributed by atoms with Gasteiger partial charge in [-0.25, -0.2) is 4.39 Å². The Labute approximate surface area is 124 Å². The Morgan fingerprint density at radius 3 is 2.24 bits per heavy atom. The third-order valence-corrected chi connectivity index (χ3v) is 3.79. The molecule has 2 rings (SSSR count). The summed E-state index contributed by atoms with van der Waals surface area (Å²) in [5, 5.41) is 9.40. The van der Waals surface area contributed by atoms with E-state index in [9.17, 15) is 14.4 Å². The number of piperazine rings is 1. The first-order valence-electron chi connectivity index (χ1n) is 7.21. The minimum atomic E-state index is -0.387. The zero-order chi connectivity index (χ0) is 15.4. The zero-order valence-electron chi connectivity index (χ0n) is 12.4. The predicted octanol–water partition coefficient (Wildman–Crippen LogP) is 2.19. The molecular weight excluding hydrogens is 269 g/mol. The lowest BCUT2D eigenvalue weighted by atomic mass is 10.1. The molecule has 0 N–H and O–H groups in total. The highest BCUT2D eigenvalue weighted by Gasteiger charge is 2.27. The number of amides is 1. The quantitative estimate of drug-likeness (QED) is 0.857. The maximum Gasteiger partial charge on any atom is 0.225 e. The number of carbonyl (C=O) groups is 1. The van der Waals surface area contributed by atoms with E-state index in [2.05, 4.69) is 6.07 Å². The van der Waals surface area contributed by atoms with Gasteiger partial charge in [0.25, 0.3) is 0 Å². The SMILES string of the molecule is CC(C)C(=O)N1CCN(C(C#N)c2ccc(F)cc2)CC1. The smallest absolute Gasteiger partial charge is 0.225 e. The van der Waals surface area contributed by atoms with Crippen LogP contribution in [0, 0.1) is 23.1 Å².